The van der Waals surface area contributed by atoms with Crippen LogP contribution in [0.2, 0.25) is 0 Å². The Balaban J connectivity index is 2.01. The average Bonchev–Trinajstić information content (AvgIpc) is 2.99. The minimum absolute atomic E-state index is 0.271. The van der Waals surface area contributed by atoms with Gasteiger partial charge in [0.05, 0.1) is 11.9 Å². The lowest BCUT2D eigenvalue weighted by molar-refractivity contribution is 0.220. The van der Waals surface area contributed by atoms with Crippen LogP contribution in [0.25, 0.3) is 11.3 Å². The summed E-state index contributed by atoms with van der Waals surface area (Å²) < 4.78 is 26.3. The molecule has 0 spiro atoms. The Labute approximate surface area is 119 Å². The molecule has 21 heavy (non-hydrogen) atoms. The van der Waals surface area contributed by atoms with Crippen molar-refractivity contribution in [2.24, 2.45) is 0 Å². The normalized spacial score (nSPS) is 12.3. The summed E-state index contributed by atoms with van der Waals surface area (Å²) in [6, 6.07) is 12.7. The van der Waals surface area contributed by atoms with Crippen molar-refractivity contribution < 1.29 is 13.9 Å². The summed E-state index contributed by atoms with van der Waals surface area (Å²) in [6.45, 7) is 0. The SMILES string of the molecule is OC(c1ccc(F)c(F)c1)c1cn[nH]c1-c1ccccc1. The summed E-state index contributed by atoms with van der Waals surface area (Å²) in [5, 5.41) is 17.1. The highest BCUT2D eigenvalue weighted by Gasteiger charge is 2.19. The van der Waals surface area contributed by atoms with E-state index >= 15 is 0 Å². The van der Waals surface area contributed by atoms with Gasteiger partial charge in [0.25, 0.3) is 0 Å². The molecular weight excluding hydrogens is 274 g/mol. The van der Waals surface area contributed by atoms with E-state index < -0.39 is 17.7 Å². The minimum atomic E-state index is -1.09. The number of nitrogens with zero attached hydrogens (tertiary/aromatic N) is 1. The van der Waals surface area contributed by atoms with Crippen LogP contribution in [0.3, 0.4) is 0 Å². The maximum Gasteiger partial charge on any atom is 0.159 e. The first-order chi connectivity index (χ1) is 10.2. The third-order valence-electron chi connectivity index (χ3n) is 3.29. The van der Waals surface area contributed by atoms with E-state index in [1.807, 2.05) is 30.3 Å². The monoisotopic (exact) mass is 286 g/mol. The molecule has 1 heterocycles. The van der Waals surface area contributed by atoms with Crippen LogP contribution in [0.4, 0.5) is 8.78 Å². The van der Waals surface area contributed by atoms with Gasteiger partial charge in [-0.2, -0.15) is 5.10 Å². The number of aliphatic hydroxyl groups excluding tert-OH is 1. The van der Waals surface area contributed by atoms with Crippen LogP contribution in [0, 0.1) is 11.6 Å². The Hall–Kier alpha value is -2.53. The summed E-state index contributed by atoms with van der Waals surface area (Å²) >= 11 is 0. The fraction of sp³-hybridized carbons (Fsp3) is 0.0625. The van der Waals surface area contributed by atoms with Crippen molar-refractivity contribution in [3.63, 3.8) is 0 Å². The number of rotatable bonds is 3. The van der Waals surface area contributed by atoms with Gasteiger partial charge in [0.2, 0.25) is 0 Å². The van der Waals surface area contributed by atoms with Gasteiger partial charge in [0.1, 0.15) is 6.10 Å². The molecule has 0 fully saturated rings. The molecule has 0 amide bonds. The van der Waals surface area contributed by atoms with E-state index in [2.05, 4.69) is 10.2 Å². The molecule has 106 valence electrons. The van der Waals surface area contributed by atoms with Crippen LogP contribution in [0.15, 0.2) is 54.7 Å². The molecular formula is C16H12F2N2O. The Morgan fingerprint density at radius 2 is 1.76 bits per heavy atom. The number of benzene rings is 2. The Kier molecular flexibility index (Phi) is 3.50. The molecule has 0 radical (unpaired) electrons. The molecule has 1 unspecified atom stereocenters. The van der Waals surface area contributed by atoms with Crippen molar-refractivity contribution in [1.82, 2.24) is 10.2 Å². The summed E-state index contributed by atoms with van der Waals surface area (Å²) in [7, 11) is 0. The highest BCUT2D eigenvalue weighted by Crippen LogP contribution is 2.30. The van der Waals surface area contributed by atoms with E-state index in [4.69, 9.17) is 0 Å². The molecule has 0 saturated heterocycles. The standard InChI is InChI=1S/C16H12F2N2O/c17-13-7-6-11(8-14(13)18)16(21)12-9-19-20-15(12)10-4-2-1-3-5-10/h1-9,16,21H,(H,19,20). The number of halogens is 2. The molecule has 0 aliphatic carbocycles. The van der Waals surface area contributed by atoms with Crippen LogP contribution >= 0.6 is 0 Å². The number of aromatic amines is 1. The highest BCUT2D eigenvalue weighted by molar-refractivity contribution is 5.63. The predicted molar refractivity (Wildman–Crippen MR) is 74.4 cm³/mol. The summed E-state index contributed by atoms with van der Waals surface area (Å²) in [5.41, 5.74) is 2.28. The fourth-order valence-corrected chi connectivity index (χ4v) is 2.20. The Bertz CT molecular complexity index is 756. The lowest BCUT2D eigenvalue weighted by Crippen LogP contribution is -2.01. The van der Waals surface area contributed by atoms with E-state index in [9.17, 15) is 13.9 Å². The molecule has 3 nitrogen and oxygen atoms in total. The average molecular weight is 286 g/mol. The number of hydrogen-bond acceptors (Lipinski definition) is 2. The van der Waals surface area contributed by atoms with Crippen LogP contribution in [-0.2, 0) is 0 Å². The zero-order valence-corrected chi connectivity index (χ0v) is 10.9. The van der Waals surface area contributed by atoms with Crippen LogP contribution in [-0.4, -0.2) is 15.3 Å². The van der Waals surface area contributed by atoms with Crippen LogP contribution in [0.5, 0.6) is 0 Å². The van der Waals surface area contributed by atoms with Crippen molar-refractivity contribution >= 4 is 0 Å². The summed E-state index contributed by atoms with van der Waals surface area (Å²) in [6.07, 6.45) is 0.392. The largest absolute Gasteiger partial charge is 0.384 e. The maximum absolute atomic E-state index is 13.3. The molecule has 3 rings (SSSR count). The Morgan fingerprint density at radius 1 is 1.00 bits per heavy atom. The van der Waals surface area contributed by atoms with E-state index in [0.29, 0.717) is 11.3 Å². The van der Waals surface area contributed by atoms with Crippen molar-refractivity contribution in [2.45, 2.75) is 6.10 Å². The molecule has 0 aliphatic rings. The first-order valence-corrected chi connectivity index (χ1v) is 6.38. The summed E-state index contributed by atoms with van der Waals surface area (Å²) in [5.74, 6) is -1.93. The van der Waals surface area contributed by atoms with E-state index in [1.165, 1.54) is 12.3 Å². The van der Waals surface area contributed by atoms with E-state index in [0.717, 1.165) is 17.7 Å². The minimum Gasteiger partial charge on any atom is -0.384 e. The second kappa shape index (κ2) is 5.46. The van der Waals surface area contributed by atoms with Crippen molar-refractivity contribution in [2.75, 3.05) is 0 Å². The van der Waals surface area contributed by atoms with Gasteiger partial charge in [-0.25, -0.2) is 8.78 Å². The second-order valence-electron chi connectivity index (χ2n) is 4.64. The molecule has 2 N–H and O–H groups in total. The fourth-order valence-electron chi connectivity index (χ4n) is 2.20. The van der Waals surface area contributed by atoms with Gasteiger partial charge < -0.3 is 5.11 Å². The van der Waals surface area contributed by atoms with Gasteiger partial charge in [-0.1, -0.05) is 36.4 Å². The molecule has 1 atom stereocenters. The maximum atomic E-state index is 13.3. The predicted octanol–water partition coefficient (Wildman–Crippen LogP) is 3.44. The third kappa shape index (κ3) is 2.55. The molecule has 0 aliphatic heterocycles. The van der Waals surface area contributed by atoms with Crippen LogP contribution in [0.1, 0.15) is 17.2 Å². The molecule has 5 heteroatoms. The van der Waals surface area contributed by atoms with Crippen molar-refractivity contribution in [3.05, 3.63) is 77.5 Å². The van der Waals surface area contributed by atoms with Gasteiger partial charge in [-0.15, -0.1) is 0 Å². The van der Waals surface area contributed by atoms with Crippen LogP contribution < -0.4 is 0 Å². The molecule has 0 saturated carbocycles. The van der Waals surface area contributed by atoms with Gasteiger partial charge in [0, 0.05) is 5.56 Å². The van der Waals surface area contributed by atoms with Gasteiger partial charge >= 0.3 is 0 Å². The number of hydrogen-bond donors (Lipinski definition) is 2. The van der Waals surface area contributed by atoms with Gasteiger partial charge in [-0.3, -0.25) is 5.10 Å². The smallest absolute Gasteiger partial charge is 0.159 e. The molecule has 2 aromatic carbocycles. The van der Waals surface area contributed by atoms with E-state index in [-0.39, 0.29) is 5.56 Å². The number of aromatic nitrogens is 2. The lowest BCUT2D eigenvalue weighted by atomic mass is 9.99. The zero-order chi connectivity index (χ0) is 14.8. The van der Waals surface area contributed by atoms with Gasteiger partial charge in [-0.05, 0) is 23.3 Å². The first-order valence-electron chi connectivity index (χ1n) is 6.38. The number of nitrogens with one attached hydrogen (secondary N) is 1. The molecule has 3 aromatic rings. The number of aliphatic hydroxyl groups is 1. The lowest BCUT2D eigenvalue weighted by Gasteiger charge is -2.12. The zero-order valence-electron chi connectivity index (χ0n) is 10.9. The van der Waals surface area contributed by atoms with E-state index in [1.54, 1.807) is 0 Å². The summed E-state index contributed by atoms with van der Waals surface area (Å²) in [4.78, 5) is 0. The highest BCUT2D eigenvalue weighted by atomic mass is 19.2. The second-order valence-corrected chi connectivity index (χ2v) is 4.64. The molecule has 0 bridgehead atoms. The quantitative estimate of drug-likeness (QED) is 0.775. The Morgan fingerprint density at radius 3 is 2.48 bits per heavy atom. The third-order valence-corrected chi connectivity index (χ3v) is 3.29. The topological polar surface area (TPSA) is 48.9 Å². The van der Waals surface area contributed by atoms with Crippen molar-refractivity contribution in [1.29, 1.82) is 0 Å². The molecule has 1 aromatic heterocycles. The first kappa shape index (κ1) is 13.5. The van der Waals surface area contributed by atoms with Crippen molar-refractivity contribution in [3.8, 4) is 11.3 Å². The number of H-pyrrole nitrogens is 1. The van der Waals surface area contributed by atoms with Gasteiger partial charge in [0.15, 0.2) is 11.6 Å².